The molecule has 1 atom stereocenters. The molecule has 2 aromatic rings. The van der Waals surface area contributed by atoms with Crippen LogP contribution >= 0.6 is 0 Å². The van der Waals surface area contributed by atoms with Crippen molar-refractivity contribution in [3.8, 4) is 17.2 Å². The molecule has 0 aromatic heterocycles. The Morgan fingerprint density at radius 1 is 1.12 bits per heavy atom. The molecule has 0 saturated heterocycles. The van der Waals surface area contributed by atoms with Crippen LogP contribution in [0.4, 0.5) is 5.69 Å². The Balaban J connectivity index is 2.71. The van der Waals surface area contributed by atoms with Gasteiger partial charge in [-0.1, -0.05) is 6.07 Å². The predicted octanol–water partition coefficient (Wildman–Crippen LogP) is 2.99. The van der Waals surface area contributed by atoms with Crippen molar-refractivity contribution in [1.29, 1.82) is 0 Å². The van der Waals surface area contributed by atoms with E-state index < -0.39 is 12.1 Å². The van der Waals surface area contributed by atoms with Gasteiger partial charge in [0.1, 0.15) is 6.10 Å². The minimum absolute atomic E-state index is 0.247. The van der Waals surface area contributed by atoms with Crippen LogP contribution in [0.25, 0.3) is 10.8 Å². The summed E-state index contributed by atoms with van der Waals surface area (Å²) in [7, 11) is 3.01. The van der Waals surface area contributed by atoms with E-state index in [1.54, 1.807) is 0 Å². The Bertz CT molecular complexity index is 753. The molecule has 136 valence electrons. The minimum Gasteiger partial charge on any atom is -0.493 e. The van der Waals surface area contributed by atoms with Crippen molar-refractivity contribution >= 4 is 22.4 Å². The molecule has 6 heteroatoms. The summed E-state index contributed by atoms with van der Waals surface area (Å²) in [4.78, 5) is 14.2. The zero-order valence-corrected chi connectivity index (χ0v) is 15.3. The van der Waals surface area contributed by atoms with Crippen LogP contribution in [-0.4, -0.2) is 44.5 Å². The second-order valence-corrected chi connectivity index (χ2v) is 5.62. The van der Waals surface area contributed by atoms with E-state index in [4.69, 9.17) is 14.2 Å². The van der Waals surface area contributed by atoms with E-state index in [1.807, 2.05) is 24.3 Å². The predicted molar refractivity (Wildman–Crippen MR) is 97.9 cm³/mol. The fraction of sp³-hybridized carbons (Fsp3) is 0.421. The van der Waals surface area contributed by atoms with Gasteiger partial charge in [0.15, 0.2) is 11.5 Å². The van der Waals surface area contributed by atoms with E-state index in [0.29, 0.717) is 11.5 Å². The number of rotatable bonds is 7. The van der Waals surface area contributed by atoms with Crippen molar-refractivity contribution in [3.05, 3.63) is 24.3 Å². The van der Waals surface area contributed by atoms with Crippen LogP contribution in [0, 0.1) is 0 Å². The SMILES string of the molecule is CCN(CC)c1ccc2cc(OC)c(OC)c(OC(=O)C(C)O)c2c1. The van der Waals surface area contributed by atoms with Crippen molar-refractivity contribution in [2.24, 2.45) is 0 Å². The maximum absolute atomic E-state index is 12.0. The molecule has 0 radical (unpaired) electrons. The van der Waals surface area contributed by atoms with E-state index >= 15 is 0 Å². The number of esters is 1. The highest BCUT2D eigenvalue weighted by Crippen LogP contribution is 2.44. The monoisotopic (exact) mass is 347 g/mol. The molecule has 1 unspecified atom stereocenters. The van der Waals surface area contributed by atoms with E-state index in [1.165, 1.54) is 21.1 Å². The number of nitrogens with zero attached hydrogens (tertiary/aromatic N) is 1. The number of benzene rings is 2. The number of carbonyl (C=O) groups is 1. The lowest BCUT2D eigenvalue weighted by molar-refractivity contribution is -0.142. The first kappa shape index (κ1) is 18.9. The Morgan fingerprint density at radius 2 is 1.80 bits per heavy atom. The third kappa shape index (κ3) is 3.79. The van der Waals surface area contributed by atoms with Gasteiger partial charge in [-0.25, -0.2) is 4.79 Å². The third-order valence-electron chi connectivity index (χ3n) is 4.09. The zero-order valence-electron chi connectivity index (χ0n) is 15.3. The van der Waals surface area contributed by atoms with Crippen molar-refractivity contribution < 1.29 is 24.1 Å². The second-order valence-electron chi connectivity index (χ2n) is 5.62. The van der Waals surface area contributed by atoms with Gasteiger partial charge in [-0.15, -0.1) is 0 Å². The maximum atomic E-state index is 12.0. The number of carbonyl (C=O) groups excluding carboxylic acids is 1. The van der Waals surface area contributed by atoms with Crippen molar-refractivity contribution in [2.45, 2.75) is 26.9 Å². The first-order chi connectivity index (χ1) is 12.0. The molecular weight excluding hydrogens is 322 g/mol. The molecule has 0 aliphatic rings. The molecule has 25 heavy (non-hydrogen) atoms. The molecule has 0 aliphatic carbocycles. The molecule has 0 amide bonds. The van der Waals surface area contributed by atoms with Crippen LogP contribution in [0.15, 0.2) is 24.3 Å². The third-order valence-corrected chi connectivity index (χ3v) is 4.09. The average molecular weight is 347 g/mol. The fourth-order valence-corrected chi connectivity index (χ4v) is 2.73. The zero-order chi connectivity index (χ0) is 18.6. The summed E-state index contributed by atoms with van der Waals surface area (Å²) in [5, 5.41) is 11.1. The van der Waals surface area contributed by atoms with E-state index in [0.717, 1.165) is 29.5 Å². The summed E-state index contributed by atoms with van der Waals surface area (Å²) >= 11 is 0. The van der Waals surface area contributed by atoms with Crippen molar-refractivity contribution in [2.75, 3.05) is 32.2 Å². The number of hydrogen-bond acceptors (Lipinski definition) is 6. The second kappa shape index (κ2) is 8.07. The van der Waals surface area contributed by atoms with Gasteiger partial charge in [-0.05, 0) is 44.4 Å². The standard InChI is InChI=1S/C19H25NO5/c1-6-20(7-2)14-9-8-13-10-16(23-4)18(24-5)17(15(13)11-14)25-19(22)12(3)21/h8-12,21H,6-7H2,1-5H3. The smallest absolute Gasteiger partial charge is 0.340 e. The van der Waals surface area contributed by atoms with E-state index in [2.05, 4.69) is 18.7 Å². The number of anilines is 1. The quantitative estimate of drug-likeness (QED) is 0.613. The van der Waals surface area contributed by atoms with Gasteiger partial charge in [0.25, 0.3) is 0 Å². The minimum atomic E-state index is -1.24. The molecule has 0 spiro atoms. The topological polar surface area (TPSA) is 68.2 Å². The summed E-state index contributed by atoms with van der Waals surface area (Å²) in [5.74, 6) is 0.275. The number of aliphatic hydroxyl groups is 1. The van der Waals surface area contributed by atoms with Crippen LogP contribution in [0.5, 0.6) is 17.2 Å². The number of hydrogen-bond donors (Lipinski definition) is 1. The largest absolute Gasteiger partial charge is 0.493 e. The van der Waals surface area contributed by atoms with Gasteiger partial charge in [0.05, 0.1) is 14.2 Å². The summed E-state index contributed by atoms with van der Waals surface area (Å²) < 4.78 is 16.2. The van der Waals surface area contributed by atoms with Crippen LogP contribution in [0.2, 0.25) is 0 Å². The highest BCUT2D eigenvalue weighted by molar-refractivity contribution is 5.97. The van der Waals surface area contributed by atoms with Gasteiger partial charge in [0.2, 0.25) is 5.75 Å². The van der Waals surface area contributed by atoms with E-state index in [9.17, 15) is 9.90 Å². The normalized spacial score (nSPS) is 11.9. The molecule has 0 heterocycles. The summed E-state index contributed by atoms with van der Waals surface area (Å²) in [6, 6.07) is 7.75. The fourth-order valence-electron chi connectivity index (χ4n) is 2.73. The summed E-state index contributed by atoms with van der Waals surface area (Å²) in [6.45, 7) is 7.24. The first-order valence-corrected chi connectivity index (χ1v) is 8.30. The number of ether oxygens (including phenoxy) is 3. The van der Waals surface area contributed by atoms with Gasteiger partial charge >= 0.3 is 5.97 Å². The number of aliphatic hydroxyl groups excluding tert-OH is 1. The molecule has 0 bridgehead atoms. The highest BCUT2D eigenvalue weighted by Gasteiger charge is 2.22. The summed E-state index contributed by atoms with van der Waals surface area (Å²) in [6.07, 6.45) is -1.24. The van der Waals surface area contributed by atoms with Gasteiger partial charge < -0.3 is 24.2 Å². The van der Waals surface area contributed by atoms with E-state index in [-0.39, 0.29) is 5.75 Å². The maximum Gasteiger partial charge on any atom is 0.340 e. The number of methoxy groups -OCH3 is 2. The molecule has 6 nitrogen and oxygen atoms in total. The molecule has 1 N–H and O–H groups in total. The summed E-state index contributed by atoms with van der Waals surface area (Å²) in [5.41, 5.74) is 1.01. The lowest BCUT2D eigenvalue weighted by Gasteiger charge is -2.22. The van der Waals surface area contributed by atoms with Crippen molar-refractivity contribution in [1.82, 2.24) is 0 Å². The van der Waals surface area contributed by atoms with Crippen LogP contribution in [0.1, 0.15) is 20.8 Å². The van der Waals surface area contributed by atoms with Crippen LogP contribution in [-0.2, 0) is 4.79 Å². The lowest BCUT2D eigenvalue weighted by atomic mass is 10.1. The molecular formula is C19H25NO5. The average Bonchev–Trinajstić information content (AvgIpc) is 2.62. The molecule has 0 aliphatic heterocycles. The Labute approximate surface area is 147 Å². The Hall–Kier alpha value is -2.47. The van der Waals surface area contributed by atoms with Crippen LogP contribution < -0.4 is 19.1 Å². The Kier molecular flexibility index (Phi) is 6.09. The molecule has 0 saturated carbocycles. The van der Waals surface area contributed by atoms with Gasteiger partial charge in [0, 0.05) is 24.2 Å². The van der Waals surface area contributed by atoms with Crippen molar-refractivity contribution in [3.63, 3.8) is 0 Å². The lowest BCUT2D eigenvalue weighted by Crippen LogP contribution is -2.23. The molecule has 0 fully saturated rings. The number of fused-ring (bicyclic) bond motifs is 1. The van der Waals surface area contributed by atoms with Gasteiger partial charge in [-0.2, -0.15) is 0 Å². The highest BCUT2D eigenvalue weighted by atomic mass is 16.6. The molecule has 2 aromatic carbocycles. The first-order valence-electron chi connectivity index (χ1n) is 8.30. The molecule has 2 rings (SSSR count). The van der Waals surface area contributed by atoms with Gasteiger partial charge in [-0.3, -0.25) is 0 Å². The Morgan fingerprint density at radius 3 is 2.32 bits per heavy atom. The van der Waals surface area contributed by atoms with Crippen LogP contribution in [0.3, 0.4) is 0 Å².